The monoisotopic (exact) mass is 545 g/mol. The fourth-order valence-electron chi connectivity index (χ4n) is 4.80. The lowest BCUT2D eigenvalue weighted by atomic mass is 9.99. The minimum atomic E-state index is -3.22. The number of nitrogens with zero attached hydrogens (tertiary/aromatic N) is 7. The first-order chi connectivity index (χ1) is 17.9. The molecule has 2 aromatic heterocycles. The van der Waals surface area contributed by atoms with Gasteiger partial charge in [0, 0.05) is 68.6 Å². The summed E-state index contributed by atoms with van der Waals surface area (Å²) in [6, 6.07) is 0. The lowest BCUT2D eigenvalue weighted by Gasteiger charge is -2.36. The van der Waals surface area contributed by atoms with Gasteiger partial charge in [-0.15, -0.1) is 0 Å². The summed E-state index contributed by atoms with van der Waals surface area (Å²) in [5.41, 5.74) is 1.12. The number of likely N-dealkylation sites (N-methyl/N-ethyl adjacent to an activating group) is 1. The molecule has 11 nitrogen and oxygen atoms in total. The normalized spacial score (nSPS) is 19.3. The van der Waals surface area contributed by atoms with Gasteiger partial charge in [-0.3, -0.25) is 4.90 Å². The molecule has 4 rings (SSSR count). The number of allylic oxidation sites excluding steroid dienone is 4. The van der Waals surface area contributed by atoms with E-state index in [1.165, 1.54) is 6.26 Å². The molecular formula is C26H39N7O4S. The third kappa shape index (κ3) is 6.35. The second kappa shape index (κ2) is 11.0. The van der Waals surface area contributed by atoms with Crippen LogP contribution in [0.25, 0.3) is 16.7 Å². The van der Waals surface area contributed by atoms with Gasteiger partial charge in [0.15, 0.2) is 15.5 Å². The molecule has 1 aliphatic carbocycles. The van der Waals surface area contributed by atoms with Gasteiger partial charge in [-0.05, 0) is 46.3 Å². The van der Waals surface area contributed by atoms with Crippen molar-refractivity contribution >= 4 is 38.5 Å². The number of piperazine rings is 1. The number of aromatic nitrogens is 4. The summed E-state index contributed by atoms with van der Waals surface area (Å²) in [6.07, 6.45) is 8.27. The van der Waals surface area contributed by atoms with Crippen LogP contribution < -0.4 is 4.90 Å². The predicted molar refractivity (Wildman–Crippen MR) is 148 cm³/mol. The van der Waals surface area contributed by atoms with Crippen LogP contribution in [-0.2, 0) is 14.6 Å². The van der Waals surface area contributed by atoms with Crippen molar-refractivity contribution in [2.75, 3.05) is 57.0 Å². The van der Waals surface area contributed by atoms with E-state index < -0.39 is 15.4 Å². The largest absolute Gasteiger partial charge is 0.444 e. The zero-order chi connectivity index (χ0) is 27.7. The van der Waals surface area contributed by atoms with Gasteiger partial charge in [0.05, 0.1) is 11.6 Å². The molecule has 0 spiro atoms. The van der Waals surface area contributed by atoms with Gasteiger partial charge in [-0.25, -0.2) is 27.9 Å². The van der Waals surface area contributed by atoms with Crippen LogP contribution in [0.5, 0.6) is 0 Å². The maximum atomic E-state index is 12.4. The fourth-order valence-corrected chi connectivity index (χ4v) is 5.67. The molecule has 1 saturated heterocycles. The number of fused-ring (bicyclic) bond motifs is 1. The van der Waals surface area contributed by atoms with Gasteiger partial charge in [0.25, 0.3) is 0 Å². The van der Waals surface area contributed by atoms with Gasteiger partial charge in [0.1, 0.15) is 17.7 Å². The first kappa shape index (κ1) is 28.0. The number of hydrogen-bond acceptors (Lipinski definition) is 9. The quantitative estimate of drug-likeness (QED) is 0.518. The van der Waals surface area contributed by atoms with Crippen LogP contribution in [0.4, 0.5) is 10.6 Å². The lowest BCUT2D eigenvalue weighted by molar-refractivity contribution is 0.0147. The van der Waals surface area contributed by atoms with Crippen LogP contribution >= 0.6 is 0 Å². The smallest absolute Gasteiger partial charge is 0.410 e. The number of ether oxygens (including phenoxy) is 1. The molecular weight excluding hydrogens is 506 g/mol. The molecule has 0 bridgehead atoms. The van der Waals surface area contributed by atoms with E-state index in [0.717, 1.165) is 49.6 Å². The number of carbonyl (C=O) groups is 1. The molecule has 0 aromatic carbocycles. The van der Waals surface area contributed by atoms with E-state index in [0.29, 0.717) is 30.1 Å². The Bertz CT molecular complexity index is 1340. The third-order valence-electron chi connectivity index (χ3n) is 6.91. The van der Waals surface area contributed by atoms with Crippen molar-refractivity contribution in [2.45, 2.75) is 46.6 Å². The maximum Gasteiger partial charge on any atom is 0.410 e. The number of hydrogen-bond donors (Lipinski definition) is 0. The number of sulfone groups is 1. The Hall–Kier alpha value is -2.99. The number of carbonyl (C=O) groups excluding carboxylic acids is 1. The van der Waals surface area contributed by atoms with Crippen LogP contribution in [0.15, 0.2) is 29.6 Å². The van der Waals surface area contributed by atoms with Crippen molar-refractivity contribution in [1.82, 2.24) is 29.5 Å². The molecule has 1 fully saturated rings. The van der Waals surface area contributed by atoms with Gasteiger partial charge < -0.3 is 14.5 Å². The molecule has 0 saturated carbocycles. The van der Waals surface area contributed by atoms with Crippen LogP contribution in [-0.4, -0.2) is 102 Å². The number of rotatable bonds is 7. The second-order valence-corrected chi connectivity index (χ2v) is 13.1. The van der Waals surface area contributed by atoms with E-state index in [2.05, 4.69) is 31.8 Å². The van der Waals surface area contributed by atoms with Crippen molar-refractivity contribution in [2.24, 2.45) is 5.92 Å². The Balaban J connectivity index is 1.45. The summed E-state index contributed by atoms with van der Waals surface area (Å²) in [5, 5.41) is 5.47. The van der Waals surface area contributed by atoms with Crippen LogP contribution in [0.3, 0.4) is 0 Å². The van der Waals surface area contributed by atoms with E-state index in [1.54, 1.807) is 28.2 Å². The van der Waals surface area contributed by atoms with Crippen molar-refractivity contribution in [1.29, 1.82) is 0 Å². The van der Waals surface area contributed by atoms with Gasteiger partial charge in [0.2, 0.25) is 0 Å². The van der Waals surface area contributed by atoms with E-state index in [1.807, 2.05) is 33.8 Å². The minimum Gasteiger partial charge on any atom is -0.444 e. The molecule has 0 N–H and O–H groups in total. The highest BCUT2D eigenvalue weighted by Crippen LogP contribution is 2.33. The average Bonchev–Trinajstić information content (AvgIpc) is 3.27. The molecule has 1 unspecified atom stereocenters. The summed E-state index contributed by atoms with van der Waals surface area (Å²) in [5.74, 6) is 0.806. The predicted octanol–water partition coefficient (Wildman–Crippen LogP) is 3.01. The Morgan fingerprint density at radius 1 is 1.16 bits per heavy atom. The Morgan fingerprint density at radius 3 is 2.47 bits per heavy atom. The van der Waals surface area contributed by atoms with Crippen molar-refractivity contribution in [3.05, 3.63) is 29.6 Å². The molecule has 2 aliphatic rings. The molecule has 38 heavy (non-hydrogen) atoms. The molecule has 1 amide bonds. The summed E-state index contributed by atoms with van der Waals surface area (Å²) in [4.78, 5) is 28.3. The van der Waals surface area contributed by atoms with Gasteiger partial charge in [-0.1, -0.05) is 6.92 Å². The Labute approximate surface area is 225 Å². The third-order valence-corrected chi connectivity index (χ3v) is 8.16. The van der Waals surface area contributed by atoms with Crippen LogP contribution in [0, 0.1) is 5.92 Å². The highest BCUT2D eigenvalue weighted by molar-refractivity contribution is 7.94. The highest BCUT2D eigenvalue weighted by Gasteiger charge is 2.27. The average molecular weight is 546 g/mol. The SMILES string of the molecule is CCN(CCN1CCN(C(=O)OC(C)(C)C)CC1)c1ncnc2c1cnn2C1=CC=C(S(C)(=O)=O)CC1C. The maximum absolute atomic E-state index is 12.4. The zero-order valence-electron chi connectivity index (χ0n) is 23.2. The van der Waals surface area contributed by atoms with Crippen LogP contribution in [0.1, 0.15) is 41.0 Å². The summed E-state index contributed by atoms with van der Waals surface area (Å²) < 4.78 is 31.3. The molecule has 1 atom stereocenters. The second-order valence-electron chi connectivity index (χ2n) is 11.0. The molecule has 208 valence electrons. The first-order valence-corrected chi connectivity index (χ1v) is 15.0. The van der Waals surface area contributed by atoms with Crippen LogP contribution in [0.2, 0.25) is 0 Å². The minimum absolute atomic E-state index is 0.0205. The number of amides is 1. The summed E-state index contributed by atoms with van der Waals surface area (Å²) in [7, 11) is -3.22. The first-order valence-electron chi connectivity index (χ1n) is 13.1. The number of anilines is 1. The zero-order valence-corrected chi connectivity index (χ0v) is 24.0. The van der Waals surface area contributed by atoms with E-state index in [-0.39, 0.29) is 12.0 Å². The molecule has 12 heteroatoms. The molecule has 1 aliphatic heterocycles. The van der Waals surface area contributed by atoms with Gasteiger partial charge >= 0.3 is 6.09 Å². The standard InChI is InChI=1S/C26H39N7O4S/c1-7-31(13-10-30-11-14-32(15-12-30)25(34)37-26(3,4)5)23-21-17-29-33(24(21)28-18-27-23)22-9-8-20(16-19(22)2)38(6,35)36/h8-9,17-19H,7,10-16H2,1-6H3. The highest BCUT2D eigenvalue weighted by atomic mass is 32.2. The molecule has 0 radical (unpaired) electrons. The van der Waals surface area contributed by atoms with Crippen molar-refractivity contribution < 1.29 is 17.9 Å². The lowest BCUT2D eigenvalue weighted by Crippen LogP contribution is -2.51. The summed E-state index contributed by atoms with van der Waals surface area (Å²) >= 11 is 0. The van der Waals surface area contributed by atoms with E-state index in [9.17, 15) is 13.2 Å². The van der Waals surface area contributed by atoms with E-state index >= 15 is 0 Å². The van der Waals surface area contributed by atoms with Crippen molar-refractivity contribution in [3.8, 4) is 0 Å². The molecule has 3 heterocycles. The fraction of sp³-hybridized carbons (Fsp3) is 0.615. The molecule has 2 aromatic rings. The van der Waals surface area contributed by atoms with Gasteiger partial charge in [-0.2, -0.15) is 5.10 Å². The topological polar surface area (TPSA) is 114 Å². The Morgan fingerprint density at radius 2 is 1.87 bits per heavy atom. The Kier molecular flexibility index (Phi) is 8.12. The van der Waals surface area contributed by atoms with E-state index in [4.69, 9.17) is 4.74 Å². The summed E-state index contributed by atoms with van der Waals surface area (Å²) in [6.45, 7) is 15.0. The van der Waals surface area contributed by atoms with Crippen molar-refractivity contribution in [3.63, 3.8) is 0 Å².